The number of benzene rings is 3. The van der Waals surface area contributed by atoms with E-state index in [2.05, 4.69) is 36.5 Å². The SMILES string of the molecule is COC(=O)c1c(Br)cccc1Nc1nc(Nc2cc(OC)c(OC)c(OC)c2)nc2c1ccn2S(=O)(=O)c1ccc(C)cc1. The molecule has 2 aromatic heterocycles. The summed E-state index contributed by atoms with van der Waals surface area (Å²) in [5, 5.41) is 6.67. The van der Waals surface area contributed by atoms with Crippen LogP contribution in [0.4, 0.5) is 23.1 Å². The average Bonchev–Trinajstić information content (AvgIpc) is 3.45. The Morgan fingerprint density at radius 3 is 2.18 bits per heavy atom. The van der Waals surface area contributed by atoms with Crippen molar-refractivity contribution in [1.29, 1.82) is 0 Å². The largest absolute Gasteiger partial charge is 0.493 e. The van der Waals surface area contributed by atoms with Crippen molar-refractivity contribution in [2.75, 3.05) is 39.1 Å². The summed E-state index contributed by atoms with van der Waals surface area (Å²) in [7, 11) is 1.71. The maximum Gasteiger partial charge on any atom is 0.341 e. The molecule has 0 spiro atoms. The van der Waals surface area contributed by atoms with Crippen LogP contribution in [0.5, 0.6) is 17.2 Å². The number of nitrogens with one attached hydrogen (secondary N) is 2. The first kappa shape index (κ1) is 30.6. The Kier molecular flexibility index (Phi) is 8.65. The number of methoxy groups -OCH3 is 4. The van der Waals surface area contributed by atoms with E-state index in [1.165, 1.54) is 46.8 Å². The van der Waals surface area contributed by atoms with Crippen LogP contribution in [0, 0.1) is 6.92 Å². The van der Waals surface area contributed by atoms with Crippen LogP contribution in [0.2, 0.25) is 0 Å². The lowest BCUT2D eigenvalue weighted by Crippen LogP contribution is -2.13. The summed E-state index contributed by atoms with van der Waals surface area (Å²) in [5.41, 5.74) is 2.09. The van der Waals surface area contributed by atoms with Gasteiger partial charge in [0.25, 0.3) is 10.0 Å². The molecule has 5 aromatic rings. The van der Waals surface area contributed by atoms with E-state index in [0.717, 1.165) is 9.54 Å². The van der Waals surface area contributed by atoms with Gasteiger partial charge in [0.15, 0.2) is 17.1 Å². The van der Waals surface area contributed by atoms with Gasteiger partial charge in [0.2, 0.25) is 11.7 Å². The second-order valence-corrected chi connectivity index (χ2v) is 12.1. The van der Waals surface area contributed by atoms with Gasteiger partial charge in [-0.2, -0.15) is 9.97 Å². The summed E-state index contributed by atoms with van der Waals surface area (Å²) in [6.07, 6.45) is 1.41. The number of carbonyl (C=O) groups excluding carboxylic acids is 1. The van der Waals surface area contributed by atoms with Gasteiger partial charge in [0.1, 0.15) is 5.82 Å². The number of aromatic nitrogens is 3. The predicted molar refractivity (Wildman–Crippen MR) is 169 cm³/mol. The van der Waals surface area contributed by atoms with E-state index in [1.807, 2.05) is 6.92 Å². The third-order valence-corrected chi connectivity index (χ3v) is 9.01. The van der Waals surface area contributed by atoms with Crippen molar-refractivity contribution in [3.8, 4) is 17.2 Å². The molecule has 3 aromatic carbocycles. The lowest BCUT2D eigenvalue weighted by atomic mass is 10.1. The first-order valence-electron chi connectivity index (χ1n) is 13.0. The normalized spacial score (nSPS) is 11.2. The molecule has 2 N–H and O–H groups in total. The Bertz CT molecular complexity index is 1950. The van der Waals surface area contributed by atoms with Gasteiger partial charge in [-0.25, -0.2) is 17.2 Å². The number of esters is 1. The summed E-state index contributed by atoms with van der Waals surface area (Å²) in [5.74, 6) is 0.851. The first-order valence-corrected chi connectivity index (χ1v) is 15.3. The molecule has 14 heteroatoms. The molecule has 5 rings (SSSR count). The van der Waals surface area contributed by atoms with E-state index in [1.54, 1.807) is 48.5 Å². The maximum atomic E-state index is 13.8. The highest BCUT2D eigenvalue weighted by molar-refractivity contribution is 9.10. The Morgan fingerprint density at radius 2 is 1.57 bits per heavy atom. The second kappa shape index (κ2) is 12.4. The van der Waals surface area contributed by atoms with Crippen molar-refractivity contribution in [1.82, 2.24) is 13.9 Å². The fraction of sp³-hybridized carbons (Fsp3) is 0.167. The van der Waals surface area contributed by atoms with Gasteiger partial charge in [-0.3, -0.25) is 0 Å². The predicted octanol–water partition coefficient (Wildman–Crippen LogP) is 6.04. The van der Waals surface area contributed by atoms with Gasteiger partial charge in [0.05, 0.1) is 50.0 Å². The van der Waals surface area contributed by atoms with Crippen molar-refractivity contribution in [3.05, 3.63) is 82.5 Å². The molecule has 0 saturated carbocycles. The summed E-state index contributed by atoms with van der Waals surface area (Å²) >= 11 is 3.41. The topological polar surface area (TPSA) is 143 Å². The highest BCUT2D eigenvalue weighted by Gasteiger charge is 2.24. The van der Waals surface area contributed by atoms with E-state index >= 15 is 0 Å². The van der Waals surface area contributed by atoms with E-state index in [0.29, 0.717) is 38.5 Å². The van der Waals surface area contributed by atoms with Gasteiger partial charge in [0, 0.05) is 28.5 Å². The Morgan fingerprint density at radius 1 is 0.886 bits per heavy atom. The van der Waals surface area contributed by atoms with Crippen molar-refractivity contribution in [3.63, 3.8) is 0 Å². The minimum absolute atomic E-state index is 0.0444. The minimum Gasteiger partial charge on any atom is -0.493 e. The Hall–Kier alpha value is -4.82. The standard InChI is InChI=1S/C30H28BrN5O7S/c1-17-9-11-19(12-10-17)44(38,39)36-14-13-20-27(33-22-8-6-7-21(31)25(22)29(37)43-5)34-30(35-28(20)36)32-18-15-23(40-2)26(42-4)24(16-18)41-3/h6-16H,1-5H3,(H2,32,33,34,35). The number of ether oxygens (including phenoxy) is 4. The number of fused-ring (bicyclic) bond motifs is 1. The second-order valence-electron chi connectivity index (χ2n) is 9.38. The van der Waals surface area contributed by atoms with Crippen molar-refractivity contribution < 1.29 is 32.2 Å². The first-order chi connectivity index (χ1) is 21.1. The molecule has 0 aliphatic carbocycles. The number of nitrogens with zero attached hydrogens (tertiary/aromatic N) is 3. The summed E-state index contributed by atoms with van der Waals surface area (Å²) in [6, 6.07) is 16.5. The molecule has 2 heterocycles. The molecule has 0 unspecified atom stereocenters. The number of halogens is 1. The van der Waals surface area contributed by atoms with Crippen LogP contribution in [0.1, 0.15) is 15.9 Å². The molecule has 0 bridgehead atoms. The summed E-state index contributed by atoms with van der Waals surface area (Å²) in [4.78, 5) is 22.0. The molecular formula is C30H28BrN5O7S. The number of rotatable bonds is 10. The van der Waals surface area contributed by atoms with Crippen LogP contribution in [-0.2, 0) is 14.8 Å². The molecule has 12 nitrogen and oxygen atoms in total. The molecule has 0 radical (unpaired) electrons. The number of carbonyl (C=O) groups is 1. The van der Waals surface area contributed by atoms with Crippen molar-refractivity contribution in [2.45, 2.75) is 11.8 Å². The molecular weight excluding hydrogens is 654 g/mol. The molecule has 0 saturated heterocycles. The number of aryl methyl sites for hydroxylation is 1. The quantitative estimate of drug-likeness (QED) is 0.167. The van der Waals surface area contributed by atoms with Crippen LogP contribution in [0.3, 0.4) is 0 Å². The lowest BCUT2D eigenvalue weighted by Gasteiger charge is -2.16. The molecule has 0 aliphatic heterocycles. The number of anilines is 4. The fourth-order valence-corrected chi connectivity index (χ4v) is 6.33. The van der Waals surface area contributed by atoms with E-state index in [-0.39, 0.29) is 27.9 Å². The van der Waals surface area contributed by atoms with Crippen LogP contribution in [0.15, 0.2) is 76.2 Å². The maximum absolute atomic E-state index is 13.8. The average molecular weight is 683 g/mol. The zero-order valence-electron chi connectivity index (χ0n) is 24.3. The zero-order chi connectivity index (χ0) is 31.6. The molecule has 44 heavy (non-hydrogen) atoms. The van der Waals surface area contributed by atoms with Crippen molar-refractivity contribution in [2.24, 2.45) is 0 Å². The van der Waals surface area contributed by atoms with Gasteiger partial charge in [-0.15, -0.1) is 0 Å². The van der Waals surface area contributed by atoms with Gasteiger partial charge < -0.3 is 29.6 Å². The van der Waals surface area contributed by atoms with Gasteiger partial charge in [-0.1, -0.05) is 23.8 Å². The molecule has 228 valence electrons. The highest BCUT2D eigenvalue weighted by Crippen LogP contribution is 2.41. The molecule has 0 amide bonds. The van der Waals surface area contributed by atoms with Crippen LogP contribution < -0.4 is 24.8 Å². The van der Waals surface area contributed by atoms with Crippen molar-refractivity contribution >= 4 is 66.1 Å². The Labute approximate surface area is 262 Å². The van der Waals surface area contributed by atoms with Gasteiger partial charge in [-0.05, 0) is 53.2 Å². The van der Waals surface area contributed by atoms with Crippen LogP contribution in [-0.4, -0.2) is 56.8 Å². The third-order valence-electron chi connectivity index (χ3n) is 6.67. The minimum atomic E-state index is -4.05. The fourth-order valence-electron chi connectivity index (χ4n) is 4.51. The number of hydrogen-bond acceptors (Lipinski definition) is 11. The highest BCUT2D eigenvalue weighted by atomic mass is 79.9. The van der Waals surface area contributed by atoms with Crippen LogP contribution >= 0.6 is 15.9 Å². The lowest BCUT2D eigenvalue weighted by molar-refractivity contribution is 0.0601. The van der Waals surface area contributed by atoms with E-state index in [9.17, 15) is 13.2 Å². The molecule has 0 fully saturated rings. The van der Waals surface area contributed by atoms with Gasteiger partial charge >= 0.3 is 5.97 Å². The molecule has 0 atom stereocenters. The number of hydrogen-bond donors (Lipinski definition) is 2. The molecule has 0 aliphatic rings. The zero-order valence-corrected chi connectivity index (χ0v) is 26.7. The summed E-state index contributed by atoms with van der Waals surface area (Å²) in [6.45, 7) is 1.87. The smallest absolute Gasteiger partial charge is 0.341 e. The monoisotopic (exact) mass is 681 g/mol. The van der Waals surface area contributed by atoms with Crippen LogP contribution in [0.25, 0.3) is 11.0 Å². The van der Waals surface area contributed by atoms with E-state index < -0.39 is 16.0 Å². The van der Waals surface area contributed by atoms with E-state index in [4.69, 9.17) is 18.9 Å². The Balaban J connectivity index is 1.70. The summed E-state index contributed by atoms with van der Waals surface area (Å²) < 4.78 is 50.5. The third kappa shape index (κ3) is 5.73.